The number of carbonyl (C=O) groups is 2. The highest BCUT2D eigenvalue weighted by molar-refractivity contribution is 6.32. The van der Waals surface area contributed by atoms with E-state index < -0.39 is 23.2 Å². The van der Waals surface area contributed by atoms with Gasteiger partial charge in [0.05, 0.1) is 54.4 Å². The Morgan fingerprint density at radius 2 is 1.19 bits per heavy atom. The molecule has 1 unspecified atom stereocenters. The highest BCUT2D eigenvalue weighted by Crippen LogP contribution is 2.49. The molecule has 1 N–H and O–H groups in total. The molecule has 0 radical (unpaired) electrons. The summed E-state index contributed by atoms with van der Waals surface area (Å²) < 4.78 is 34.8. The fourth-order valence-corrected chi connectivity index (χ4v) is 9.59. The number of carbonyl (C=O) groups excluding carboxylic acids is 1. The number of fused-ring (bicyclic) bond motifs is 6. The molecule has 2 fully saturated rings. The maximum absolute atomic E-state index is 15.5. The third kappa shape index (κ3) is 7.00. The number of aliphatic carboxylic acids is 1. The lowest BCUT2D eigenvalue weighted by Gasteiger charge is -2.35. The lowest BCUT2D eigenvalue weighted by atomic mass is 9.76. The molecule has 8 rings (SSSR count). The van der Waals surface area contributed by atoms with Gasteiger partial charge in [0.15, 0.2) is 0 Å². The van der Waals surface area contributed by atoms with Gasteiger partial charge in [0.25, 0.3) is 0 Å². The average molecular weight is 753 g/mol. The Morgan fingerprint density at radius 3 is 1.60 bits per heavy atom. The van der Waals surface area contributed by atoms with E-state index in [0.717, 1.165) is 38.7 Å². The van der Waals surface area contributed by atoms with E-state index in [2.05, 4.69) is 25.2 Å². The van der Waals surface area contributed by atoms with Crippen molar-refractivity contribution in [3.63, 3.8) is 0 Å². The van der Waals surface area contributed by atoms with Crippen LogP contribution in [0.15, 0.2) is 61.4 Å². The summed E-state index contributed by atoms with van der Waals surface area (Å²) in [6.45, 7) is 0. The van der Waals surface area contributed by atoms with Gasteiger partial charge in [-0.2, -0.15) is 0 Å². The summed E-state index contributed by atoms with van der Waals surface area (Å²) in [6, 6.07) is 11.7. The van der Waals surface area contributed by atoms with E-state index in [1.54, 1.807) is 25.3 Å². The van der Waals surface area contributed by atoms with Crippen molar-refractivity contribution in [2.45, 2.75) is 100 Å². The summed E-state index contributed by atoms with van der Waals surface area (Å²) in [5, 5.41) is 10.5. The first-order chi connectivity index (χ1) is 24.9. The molecule has 0 saturated heterocycles. The normalized spacial score (nSPS) is 27.1. The van der Waals surface area contributed by atoms with Gasteiger partial charge in [-0.05, 0) is 89.2 Å². The fraction of sp³-hybridized carbons (Fsp3) is 0.500. The average Bonchev–Trinajstić information content (AvgIpc) is 3.91. The van der Waals surface area contributed by atoms with Gasteiger partial charge in [0.2, 0.25) is 5.91 Å². The number of carboxylic acids is 1. The van der Waals surface area contributed by atoms with E-state index >= 15 is 8.78 Å². The van der Waals surface area contributed by atoms with Crippen molar-refractivity contribution in [2.75, 3.05) is 14.1 Å². The Labute approximate surface area is 313 Å². The zero-order valence-electron chi connectivity index (χ0n) is 29.6. The Bertz CT molecular complexity index is 1940. The fourth-order valence-electron chi connectivity index (χ4n) is 8.99. The maximum Gasteiger partial charge on any atom is 0.306 e. The van der Waals surface area contributed by atoms with E-state index in [1.165, 1.54) is 0 Å². The highest BCUT2D eigenvalue weighted by Gasteiger charge is 2.41. The third-order valence-electron chi connectivity index (χ3n) is 12.0. The van der Waals surface area contributed by atoms with Crippen molar-refractivity contribution in [2.24, 2.45) is 11.8 Å². The van der Waals surface area contributed by atoms with Crippen LogP contribution in [-0.4, -0.2) is 66.4 Å². The van der Waals surface area contributed by atoms with Gasteiger partial charge in [-0.3, -0.25) is 9.59 Å². The molecule has 276 valence electrons. The molecule has 1 amide bonds. The van der Waals surface area contributed by atoms with Gasteiger partial charge in [0.1, 0.15) is 11.3 Å². The van der Waals surface area contributed by atoms with Gasteiger partial charge in [-0.25, -0.2) is 18.7 Å². The summed E-state index contributed by atoms with van der Waals surface area (Å²) in [6.07, 6.45) is 13.1. The van der Waals surface area contributed by atoms with Crippen LogP contribution in [0.2, 0.25) is 10.0 Å². The first-order valence-corrected chi connectivity index (χ1v) is 19.1. The van der Waals surface area contributed by atoms with Crippen LogP contribution in [0.5, 0.6) is 0 Å². The molecular weight excluding hydrogens is 707 g/mol. The number of imidazole rings is 2. The number of aromatic nitrogens is 4. The van der Waals surface area contributed by atoms with E-state index in [-0.39, 0.29) is 23.9 Å². The number of carboxylic acid groups (broad SMARTS) is 1. The SMILES string of the molecule is CN(C)C(=O)C1CCC(F)(CC[C@H]2c3c(Cl)cccc3-c3cncn32)CC1.O=C(O)C1CCC(F)(CCC2c3c(Cl)cccc3-c3cncn32)CC1. The second kappa shape index (κ2) is 14.6. The zero-order chi connectivity index (χ0) is 36.8. The largest absolute Gasteiger partial charge is 0.481 e. The van der Waals surface area contributed by atoms with Crippen LogP contribution in [-0.2, 0) is 9.59 Å². The molecule has 2 saturated carbocycles. The molecule has 12 heteroatoms. The Kier molecular flexibility index (Phi) is 10.3. The molecule has 52 heavy (non-hydrogen) atoms. The quantitative estimate of drug-likeness (QED) is 0.194. The number of hydrogen-bond acceptors (Lipinski definition) is 4. The zero-order valence-corrected chi connectivity index (χ0v) is 31.1. The highest BCUT2D eigenvalue weighted by atomic mass is 35.5. The van der Waals surface area contributed by atoms with Gasteiger partial charge in [-0.1, -0.05) is 47.5 Å². The number of amides is 1. The first-order valence-electron chi connectivity index (χ1n) is 18.3. The lowest BCUT2D eigenvalue weighted by molar-refractivity contribution is -0.144. The van der Waals surface area contributed by atoms with E-state index in [0.29, 0.717) is 82.1 Å². The predicted octanol–water partition coefficient (Wildman–Crippen LogP) is 9.74. The summed E-state index contributed by atoms with van der Waals surface area (Å²) in [7, 11) is 3.53. The van der Waals surface area contributed by atoms with Gasteiger partial charge < -0.3 is 19.1 Å². The molecule has 2 aromatic carbocycles. The van der Waals surface area contributed by atoms with E-state index in [1.807, 2.05) is 49.1 Å². The van der Waals surface area contributed by atoms with Gasteiger partial charge in [0, 0.05) is 52.3 Å². The summed E-state index contributed by atoms with van der Waals surface area (Å²) >= 11 is 12.9. The minimum absolute atomic E-state index is 0.00831. The Balaban J connectivity index is 0.000000162. The van der Waals surface area contributed by atoms with E-state index in [4.69, 9.17) is 28.3 Å². The molecule has 0 bridgehead atoms. The molecule has 2 aliphatic heterocycles. The minimum atomic E-state index is -1.28. The van der Waals surface area contributed by atoms with Crippen LogP contribution in [0.1, 0.15) is 100 Å². The van der Waals surface area contributed by atoms with E-state index in [9.17, 15) is 9.59 Å². The molecule has 4 aromatic rings. The number of alkyl halides is 2. The van der Waals surface area contributed by atoms with Crippen molar-refractivity contribution < 1.29 is 23.5 Å². The topological polar surface area (TPSA) is 93.2 Å². The predicted molar refractivity (Wildman–Crippen MR) is 198 cm³/mol. The standard InChI is InChI=1S/C21H25ClFN3O.C19H20ClFN2O2/c1-25(2)20(27)14-6-9-21(23,10-7-14)11-8-17-19-15(4-3-5-16(19)22)18-12-24-13-26(17)18;20-14-3-1-2-13-16-10-22-11-23(16)15(17(13)14)6-9-19(21)7-4-12(5-8-19)18(24)25/h3-5,12-14,17H,6-11H2,1-2H3;1-3,10-12,15H,4-9H2,(H,24,25)/t14?,17-,21?;/m0./s1. The summed E-state index contributed by atoms with van der Waals surface area (Å²) in [4.78, 5) is 33.3. The smallest absolute Gasteiger partial charge is 0.306 e. The number of benzene rings is 2. The molecule has 2 aromatic heterocycles. The van der Waals surface area contributed by atoms with Crippen molar-refractivity contribution in [1.82, 2.24) is 24.0 Å². The molecule has 4 aliphatic rings. The molecule has 0 spiro atoms. The van der Waals surface area contributed by atoms with Crippen molar-refractivity contribution in [1.29, 1.82) is 0 Å². The number of hydrogen-bond donors (Lipinski definition) is 1. The molecule has 2 aliphatic carbocycles. The molecule has 2 atom stereocenters. The van der Waals surface area contributed by atoms with Crippen molar-refractivity contribution in [3.05, 3.63) is 82.6 Å². The second-order valence-electron chi connectivity index (χ2n) is 15.3. The maximum atomic E-state index is 15.5. The van der Waals surface area contributed by atoms with Crippen LogP contribution in [0, 0.1) is 11.8 Å². The minimum Gasteiger partial charge on any atom is -0.481 e. The van der Waals surface area contributed by atoms with Crippen LogP contribution >= 0.6 is 23.2 Å². The van der Waals surface area contributed by atoms with Gasteiger partial charge >= 0.3 is 5.97 Å². The number of halogens is 4. The summed E-state index contributed by atoms with van der Waals surface area (Å²) in [5.41, 5.74) is 3.87. The second-order valence-corrected chi connectivity index (χ2v) is 16.1. The molecule has 8 nitrogen and oxygen atoms in total. The Hall–Kier alpha value is -3.76. The molecule has 4 heterocycles. The molecular formula is C40H45Cl2F2N5O3. The first kappa shape index (κ1) is 36.6. The van der Waals surface area contributed by atoms with Crippen molar-refractivity contribution >= 4 is 35.1 Å². The summed E-state index contributed by atoms with van der Waals surface area (Å²) in [5.74, 6) is -1.12. The van der Waals surface area contributed by atoms with Gasteiger partial charge in [-0.15, -0.1) is 0 Å². The Morgan fingerprint density at radius 1 is 0.769 bits per heavy atom. The number of rotatable bonds is 8. The monoisotopic (exact) mass is 751 g/mol. The van der Waals surface area contributed by atoms with Crippen LogP contribution in [0.3, 0.4) is 0 Å². The van der Waals surface area contributed by atoms with Crippen LogP contribution < -0.4 is 0 Å². The van der Waals surface area contributed by atoms with Crippen molar-refractivity contribution in [3.8, 4) is 22.5 Å². The van der Waals surface area contributed by atoms with Crippen LogP contribution in [0.4, 0.5) is 8.78 Å². The number of nitrogens with zero attached hydrogens (tertiary/aromatic N) is 5. The van der Waals surface area contributed by atoms with Crippen LogP contribution in [0.25, 0.3) is 22.5 Å². The lowest BCUT2D eigenvalue weighted by Crippen LogP contribution is -2.37. The third-order valence-corrected chi connectivity index (χ3v) is 12.6.